The highest BCUT2D eigenvalue weighted by Gasteiger charge is 2.41. The van der Waals surface area contributed by atoms with Gasteiger partial charge in [0.05, 0.1) is 12.1 Å². The molecule has 34 heavy (non-hydrogen) atoms. The third-order valence-corrected chi connectivity index (χ3v) is 6.22. The molecule has 1 aromatic carbocycles. The van der Waals surface area contributed by atoms with Gasteiger partial charge in [-0.25, -0.2) is 4.79 Å². The Balaban J connectivity index is 3.27. The number of hydrogen-bond acceptors (Lipinski definition) is 4. The van der Waals surface area contributed by atoms with Crippen molar-refractivity contribution in [3.8, 4) is 0 Å². The highest BCUT2D eigenvalue weighted by Crippen LogP contribution is 2.28. The lowest BCUT2D eigenvalue weighted by Gasteiger charge is -2.39. The van der Waals surface area contributed by atoms with Gasteiger partial charge in [-0.05, 0) is 31.4 Å². The standard InChI is InChI=1S/C27H41N3O4/c1-10-14-20(17-18(2)25(33)34)30(9)24(32)22(26(3,4)5)29-23(31)21(28-8)27(6,7)19-15-12-11-13-16-19/h10-13,15-17,20-22,28H,1,14H2,2-9H3,(H,29,31)(H,33,34)/b18-17+/t20-,21+,22+/m0/s1. The zero-order valence-corrected chi connectivity index (χ0v) is 21.8. The van der Waals surface area contributed by atoms with Gasteiger partial charge < -0.3 is 20.6 Å². The Kier molecular flexibility index (Phi) is 10.2. The molecule has 0 spiro atoms. The fourth-order valence-corrected chi connectivity index (χ4v) is 3.96. The van der Waals surface area contributed by atoms with E-state index in [2.05, 4.69) is 17.2 Å². The normalized spacial score (nSPS) is 15.1. The van der Waals surface area contributed by atoms with E-state index in [9.17, 15) is 19.5 Å². The number of rotatable bonds is 11. The van der Waals surface area contributed by atoms with Crippen LogP contribution in [-0.2, 0) is 19.8 Å². The van der Waals surface area contributed by atoms with Gasteiger partial charge in [0.2, 0.25) is 11.8 Å². The van der Waals surface area contributed by atoms with E-state index in [1.54, 1.807) is 26.2 Å². The molecule has 0 aliphatic carbocycles. The Hall–Kier alpha value is -2.93. The first kappa shape index (κ1) is 29.1. The number of amides is 2. The van der Waals surface area contributed by atoms with Crippen LogP contribution >= 0.6 is 0 Å². The van der Waals surface area contributed by atoms with Gasteiger partial charge in [-0.15, -0.1) is 6.58 Å². The summed E-state index contributed by atoms with van der Waals surface area (Å²) >= 11 is 0. The molecule has 3 atom stereocenters. The third kappa shape index (κ3) is 7.29. The molecule has 0 saturated heterocycles. The van der Waals surface area contributed by atoms with E-state index >= 15 is 0 Å². The number of hydrogen-bond donors (Lipinski definition) is 3. The van der Waals surface area contributed by atoms with Crippen LogP contribution in [0, 0.1) is 5.41 Å². The molecule has 0 heterocycles. The van der Waals surface area contributed by atoms with Crippen molar-refractivity contribution in [2.75, 3.05) is 14.1 Å². The van der Waals surface area contributed by atoms with Crippen LogP contribution in [0.5, 0.6) is 0 Å². The predicted octanol–water partition coefficient (Wildman–Crippen LogP) is 3.52. The summed E-state index contributed by atoms with van der Waals surface area (Å²) < 4.78 is 0. The molecule has 1 rings (SSSR count). The van der Waals surface area contributed by atoms with E-state index in [1.807, 2.05) is 65.0 Å². The first-order chi connectivity index (χ1) is 15.7. The van der Waals surface area contributed by atoms with Gasteiger partial charge in [-0.2, -0.15) is 0 Å². The lowest BCUT2D eigenvalue weighted by Crippen LogP contribution is -2.61. The molecule has 0 fully saturated rings. The summed E-state index contributed by atoms with van der Waals surface area (Å²) in [5, 5.41) is 15.4. The number of carboxylic acid groups (broad SMARTS) is 1. The monoisotopic (exact) mass is 471 g/mol. The Morgan fingerprint density at radius 3 is 2.09 bits per heavy atom. The Morgan fingerprint density at radius 1 is 1.09 bits per heavy atom. The van der Waals surface area contributed by atoms with Gasteiger partial charge in [-0.3, -0.25) is 9.59 Å². The Labute approximate surface area is 204 Å². The lowest BCUT2D eigenvalue weighted by molar-refractivity contribution is -0.140. The van der Waals surface area contributed by atoms with Gasteiger partial charge in [0.1, 0.15) is 6.04 Å². The van der Waals surface area contributed by atoms with Crippen LogP contribution in [0.25, 0.3) is 0 Å². The van der Waals surface area contributed by atoms with E-state index < -0.39 is 34.9 Å². The summed E-state index contributed by atoms with van der Waals surface area (Å²) in [7, 11) is 3.35. The Bertz CT molecular complexity index is 900. The van der Waals surface area contributed by atoms with Gasteiger partial charge in [-0.1, -0.05) is 77.1 Å². The zero-order chi connectivity index (χ0) is 26.3. The molecule has 0 unspecified atom stereocenters. The van der Waals surface area contributed by atoms with Crippen LogP contribution in [-0.4, -0.2) is 60.0 Å². The minimum absolute atomic E-state index is 0.141. The van der Waals surface area contributed by atoms with E-state index in [-0.39, 0.29) is 17.4 Å². The molecule has 0 bridgehead atoms. The number of aliphatic carboxylic acids is 1. The summed E-state index contributed by atoms with van der Waals surface area (Å²) in [5.41, 5.74) is 0.0216. The molecule has 7 heteroatoms. The quantitative estimate of drug-likeness (QED) is 0.339. The molecule has 3 N–H and O–H groups in total. The molecule has 0 aliphatic heterocycles. The fourth-order valence-electron chi connectivity index (χ4n) is 3.96. The molecule has 0 saturated carbocycles. The topological polar surface area (TPSA) is 98.7 Å². The zero-order valence-electron chi connectivity index (χ0n) is 21.8. The average molecular weight is 472 g/mol. The van der Waals surface area contributed by atoms with Crippen molar-refractivity contribution in [3.05, 3.63) is 60.2 Å². The SMILES string of the molecule is C=CC[C@@H](/C=C(\C)C(=O)O)N(C)C(=O)[C@@H](NC(=O)[C@@H](NC)C(C)(C)c1ccccc1)C(C)(C)C. The second-order valence-electron chi connectivity index (χ2n) is 10.3. The number of likely N-dealkylation sites (N-methyl/N-ethyl adjacent to an activating group) is 2. The van der Waals surface area contributed by atoms with Crippen LogP contribution < -0.4 is 10.6 Å². The van der Waals surface area contributed by atoms with Crippen LogP contribution in [0.15, 0.2) is 54.6 Å². The lowest BCUT2D eigenvalue weighted by atomic mass is 9.76. The molecule has 0 radical (unpaired) electrons. The first-order valence-corrected chi connectivity index (χ1v) is 11.5. The third-order valence-electron chi connectivity index (χ3n) is 6.22. The molecule has 188 valence electrons. The van der Waals surface area contributed by atoms with Crippen LogP contribution in [0.2, 0.25) is 0 Å². The summed E-state index contributed by atoms with van der Waals surface area (Å²) in [6.45, 7) is 14.9. The summed E-state index contributed by atoms with van der Waals surface area (Å²) in [5.74, 6) is -1.62. The second kappa shape index (κ2) is 12.0. The number of nitrogens with zero attached hydrogens (tertiary/aromatic N) is 1. The van der Waals surface area contributed by atoms with E-state index in [1.165, 1.54) is 11.8 Å². The molecule has 2 amide bonds. The van der Waals surface area contributed by atoms with Crippen molar-refractivity contribution in [3.63, 3.8) is 0 Å². The Morgan fingerprint density at radius 2 is 1.65 bits per heavy atom. The largest absolute Gasteiger partial charge is 0.478 e. The van der Waals surface area contributed by atoms with Crippen molar-refractivity contribution in [1.29, 1.82) is 0 Å². The number of benzene rings is 1. The summed E-state index contributed by atoms with van der Waals surface area (Å²) in [6.07, 6.45) is 3.57. The maximum absolute atomic E-state index is 13.6. The highest BCUT2D eigenvalue weighted by molar-refractivity contribution is 5.91. The summed E-state index contributed by atoms with van der Waals surface area (Å²) in [6, 6.07) is 7.86. The van der Waals surface area contributed by atoms with Gasteiger partial charge >= 0.3 is 5.97 Å². The van der Waals surface area contributed by atoms with Gasteiger partial charge in [0, 0.05) is 18.0 Å². The molecule has 7 nitrogen and oxygen atoms in total. The van der Waals surface area contributed by atoms with Crippen molar-refractivity contribution in [2.24, 2.45) is 5.41 Å². The molecular formula is C27H41N3O4. The smallest absolute Gasteiger partial charge is 0.331 e. The van der Waals surface area contributed by atoms with Gasteiger partial charge in [0.25, 0.3) is 0 Å². The van der Waals surface area contributed by atoms with Crippen molar-refractivity contribution >= 4 is 17.8 Å². The highest BCUT2D eigenvalue weighted by atomic mass is 16.4. The van der Waals surface area contributed by atoms with Crippen molar-refractivity contribution in [2.45, 2.75) is 71.5 Å². The average Bonchev–Trinajstić information content (AvgIpc) is 2.76. The van der Waals surface area contributed by atoms with Crippen LogP contribution in [0.3, 0.4) is 0 Å². The molecular weight excluding hydrogens is 430 g/mol. The molecule has 1 aromatic rings. The minimum Gasteiger partial charge on any atom is -0.478 e. The van der Waals surface area contributed by atoms with E-state index in [4.69, 9.17) is 0 Å². The van der Waals surface area contributed by atoms with Crippen molar-refractivity contribution in [1.82, 2.24) is 15.5 Å². The van der Waals surface area contributed by atoms with Gasteiger partial charge in [0.15, 0.2) is 0 Å². The minimum atomic E-state index is -1.05. The maximum Gasteiger partial charge on any atom is 0.331 e. The number of carbonyl (C=O) groups is 3. The van der Waals surface area contributed by atoms with Crippen LogP contribution in [0.1, 0.15) is 53.5 Å². The number of nitrogens with one attached hydrogen (secondary N) is 2. The predicted molar refractivity (Wildman–Crippen MR) is 136 cm³/mol. The number of carbonyl (C=O) groups excluding carboxylic acids is 2. The maximum atomic E-state index is 13.6. The molecule has 0 aliphatic rings. The summed E-state index contributed by atoms with van der Waals surface area (Å²) in [4.78, 5) is 39.9. The number of carboxylic acids is 1. The first-order valence-electron chi connectivity index (χ1n) is 11.5. The van der Waals surface area contributed by atoms with E-state index in [0.717, 1.165) is 5.56 Å². The second-order valence-corrected chi connectivity index (χ2v) is 10.3. The fraction of sp³-hybridized carbons (Fsp3) is 0.519. The molecule has 0 aromatic heterocycles. The van der Waals surface area contributed by atoms with Crippen LogP contribution in [0.4, 0.5) is 0 Å². The van der Waals surface area contributed by atoms with E-state index in [0.29, 0.717) is 6.42 Å². The van der Waals surface area contributed by atoms with Crippen molar-refractivity contribution < 1.29 is 19.5 Å².